The van der Waals surface area contributed by atoms with Gasteiger partial charge < -0.3 is 4.74 Å². The third kappa shape index (κ3) is 3.11. The second kappa shape index (κ2) is 6.35. The molecule has 0 unspecified atom stereocenters. The van der Waals surface area contributed by atoms with Crippen molar-refractivity contribution in [3.8, 4) is 28.5 Å². The van der Waals surface area contributed by atoms with E-state index in [2.05, 4.69) is 9.97 Å². The standard InChI is InChI=1S/C18H17N3O/c1-3-22-14-11-17(15-6-4-5-8-19-15)21-18(12-14)16-10-13(2)7-9-20-16/h4-12H,3H2,1-2H3. The number of pyridine rings is 3. The van der Waals surface area contributed by atoms with E-state index in [-0.39, 0.29) is 0 Å². The molecule has 4 nitrogen and oxygen atoms in total. The zero-order chi connectivity index (χ0) is 15.4. The first-order valence-electron chi connectivity index (χ1n) is 7.25. The molecule has 0 fully saturated rings. The topological polar surface area (TPSA) is 47.9 Å². The Bertz CT molecular complexity index is 772. The molecule has 0 saturated heterocycles. The van der Waals surface area contributed by atoms with Gasteiger partial charge in [-0.05, 0) is 43.7 Å². The minimum absolute atomic E-state index is 0.604. The minimum atomic E-state index is 0.604. The summed E-state index contributed by atoms with van der Waals surface area (Å²) in [5, 5.41) is 0. The molecule has 0 aliphatic heterocycles. The summed E-state index contributed by atoms with van der Waals surface area (Å²) in [4.78, 5) is 13.5. The molecule has 0 amide bonds. The van der Waals surface area contributed by atoms with Crippen LogP contribution in [0.2, 0.25) is 0 Å². The highest BCUT2D eigenvalue weighted by atomic mass is 16.5. The monoisotopic (exact) mass is 291 g/mol. The highest BCUT2D eigenvalue weighted by Crippen LogP contribution is 2.26. The molecule has 0 aromatic carbocycles. The molecular weight excluding hydrogens is 274 g/mol. The highest BCUT2D eigenvalue weighted by Gasteiger charge is 2.09. The minimum Gasteiger partial charge on any atom is -0.494 e. The van der Waals surface area contributed by atoms with Crippen molar-refractivity contribution in [1.82, 2.24) is 15.0 Å². The van der Waals surface area contributed by atoms with Crippen LogP contribution in [0, 0.1) is 6.92 Å². The summed E-state index contributed by atoms with van der Waals surface area (Å²) in [6.45, 7) is 4.61. The van der Waals surface area contributed by atoms with Gasteiger partial charge in [-0.3, -0.25) is 9.97 Å². The van der Waals surface area contributed by atoms with Gasteiger partial charge in [-0.1, -0.05) is 6.07 Å². The Morgan fingerprint density at radius 3 is 2.32 bits per heavy atom. The van der Waals surface area contributed by atoms with E-state index >= 15 is 0 Å². The number of hydrogen-bond donors (Lipinski definition) is 0. The van der Waals surface area contributed by atoms with Gasteiger partial charge in [0.15, 0.2) is 0 Å². The van der Waals surface area contributed by atoms with E-state index in [1.54, 1.807) is 12.4 Å². The van der Waals surface area contributed by atoms with Crippen LogP contribution in [0.1, 0.15) is 12.5 Å². The zero-order valence-corrected chi connectivity index (χ0v) is 12.7. The van der Waals surface area contributed by atoms with Gasteiger partial charge in [-0.2, -0.15) is 0 Å². The van der Waals surface area contributed by atoms with Crippen molar-refractivity contribution in [2.75, 3.05) is 6.61 Å². The predicted octanol–water partition coefficient (Wildman–Crippen LogP) is 3.91. The molecule has 22 heavy (non-hydrogen) atoms. The van der Waals surface area contributed by atoms with Crippen molar-refractivity contribution in [2.24, 2.45) is 0 Å². The molecule has 0 atom stereocenters. The van der Waals surface area contributed by atoms with E-state index in [1.165, 1.54) is 0 Å². The summed E-state index contributed by atoms with van der Waals surface area (Å²) in [7, 11) is 0. The second-order valence-electron chi connectivity index (χ2n) is 4.94. The van der Waals surface area contributed by atoms with Gasteiger partial charge in [0, 0.05) is 24.5 Å². The van der Waals surface area contributed by atoms with Crippen LogP contribution in [-0.4, -0.2) is 21.6 Å². The molecule has 0 aliphatic carbocycles. The number of aromatic nitrogens is 3. The first-order valence-corrected chi connectivity index (χ1v) is 7.25. The fraction of sp³-hybridized carbons (Fsp3) is 0.167. The molecule has 3 aromatic rings. The van der Waals surface area contributed by atoms with Crippen LogP contribution in [-0.2, 0) is 0 Å². The van der Waals surface area contributed by atoms with Crippen molar-refractivity contribution in [3.05, 3.63) is 60.4 Å². The van der Waals surface area contributed by atoms with E-state index in [4.69, 9.17) is 9.72 Å². The summed E-state index contributed by atoms with van der Waals surface area (Å²) < 4.78 is 5.66. The molecule has 0 bridgehead atoms. The normalized spacial score (nSPS) is 10.5. The average molecular weight is 291 g/mol. The summed E-state index contributed by atoms with van der Waals surface area (Å²) >= 11 is 0. The molecule has 3 rings (SSSR count). The first kappa shape index (κ1) is 14.2. The Hall–Kier alpha value is -2.75. The quantitative estimate of drug-likeness (QED) is 0.731. The summed E-state index contributed by atoms with van der Waals surface area (Å²) in [6, 6.07) is 13.6. The first-order chi connectivity index (χ1) is 10.8. The molecular formula is C18H17N3O. The SMILES string of the molecule is CCOc1cc(-c2ccccn2)nc(-c2cc(C)ccn2)c1. The number of ether oxygens (including phenoxy) is 1. The fourth-order valence-corrected chi connectivity index (χ4v) is 2.21. The van der Waals surface area contributed by atoms with Crippen molar-refractivity contribution < 1.29 is 4.74 Å². The van der Waals surface area contributed by atoms with Gasteiger partial charge in [-0.25, -0.2) is 4.98 Å². The Labute approximate surface area is 129 Å². The van der Waals surface area contributed by atoms with Crippen LogP contribution in [0.5, 0.6) is 5.75 Å². The lowest BCUT2D eigenvalue weighted by Gasteiger charge is -2.09. The number of hydrogen-bond acceptors (Lipinski definition) is 4. The van der Waals surface area contributed by atoms with Crippen LogP contribution < -0.4 is 4.74 Å². The zero-order valence-electron chi connectivity index (χ0n) is 12.7. The lowest BCUT2D eigenvalue weighted by Crippen LogP contribution is -1.97. The molecule has 3 aromatic heterocycles. The molecule has 4 heteroatoms. The molecule has 0 radical (unpaired) electrons. The van der Waals surface area contributed by atoms with Gasteiger partial charge in [0.2, 0.25) is 0 Å². The molecule has 0 spiro atoms. The second-order valence-corrected chi connectivity index (χ2v) is 4.94. The molecule has 0 N–H and O–H groups in total. The lowest BCUT2D eigenvalue weighted by molar-refractivity contribution is 0.340. The maximum atomic E-state index is 5.66. The Balaban J connectivity index is 2.12. The van der Waals surface area contributed by atoms with Crippen molar-refractivity contribution in [1.29, 1.82) is 0 Å². The van der Waals surface area contributed by atoms with Gasteiger partial charge >= 0.3 is 0 Å². The Kier molecular flexibility index (Phi) is 4.10. The van der Waals surface area contributed by atoms with Crippen LogP contribution in [0.15, 0.2) is 54.9 Å². The van der Waals surface area contributed by atoms with Crippen LogP contribution in [0.25, 0.3) is 22.8 Å². The van der Waals surface area contributed by atoms with E-state index in [0.717, 1.165) is 34.1 Å². The van der Waals surface area contributed by atoms with Crippen molar-refractivity contribution in [2.45, 2.75) is 13.8 Å². The molecule has 0 saturated carbocycles. The summed E-state index contributed by atoms with van der Waals surface area (Å²) in [6.07, 6.45) is 3.55. The number of aryl methyl sites for hydroxylation is 1. The van der Waals surface area contributed by atoms with E-state index in [1.807, 2.05) is 56.3 Å². The molecule has 0 aliphatic rings. The molecule has 110 valence electrons. The third-order valence-electron chi connectivity index (χ3n) is 3.22. The van der Waals surface area contributed by atoms with E-state index < -0.39 is 0 Å². The van der Waals surface area contributed by atoms with Crippen LogP contribution in [0.3, 0.4) is 0 Å². The Morgan fingerprint density at radius 2 is 1.64 bits per heavy atom. The van der Waals surface area contributed by atoms with E-state index in [9.17, 15) is 0 Å². The van der Waals surface area contributed by atoms with Crippen LogP contribution in [0.4, 0.5) is 0 Å². The third-order valence-corrected chi connectivity index (χ3v) is 3.22. The smallest absolute Gasteiger partial charge is 0.123 e. The van der Waals surface area contributed by atoms with Crippen molar-refractivity contribution >= 4 is 0 Å². The van der Waals surface area contributed by atoms with Gasteiger partial charge in [-0.15, -0.1) is 0 Å². The lowest BCUT2D eigenvalue weighted by atomic mass is 10.1. The maximum Gasteiger partial charge on any atom is 0.123 e. The van der Waals surface area contributed by atoms with E-state index in [0.29, 0.717) is 6.61 Å². The maximum absolute atomic E-state index is 5.66. The number of rotatable bonds is 4. The van der Waals surface area contributed by atoms with Crippen molar-refractivity contribution in [3.63, 3.8) is 0 Å². The highest BCUT2D eigenvalue weighted by molar-refractivity contribution is 5.64. The largest absolute Gasteiger partial charge is 0.494 e. The van der Waals surface area contributed by atoms with Crippen LogP contribution >= 0.6 is 0 Å². The average Bonchev–Trinajstić information content (AvgIpc) is 2.56. The van der Waals surface area contributed by atoms with Gasteiger partial charge in [0.1, 0.15) is 5.75 Å². The summed E-state index contributed by atoms with van der Waals surface area (Å²) in [5.74, 6) is 0.774. The Morgan fingerprint density at radius 1 is 0.864 bits per heavy atom. The van der Waals surface area contributed by atoms with Gasteiger partial charge in [0.25, 0.3) is 0 Å². The van der Waals surface area contributed by atoms with Gasteiger partial charge in [0.05, 0.1) is 29.4 Å². The summed E-state index contributed by atoms with van der Waals surface area (Å²) in [5.41, 5.74) is 4.37. The number of nitrogens with zero attached hydrogens (tertiary/aromatic N) is 3. The fourth-order valence-electron chi connectivity index (χ4n) is 2.21. The predicted molar refractivity (Wildman–Crippen MR) is 86.6 cm³/mol. The molecule has 3 heterocycles.